The van der Waals surface area contributed by atoms with Crippen LogP contribution in [0.1, 0.15) is 30.7 Å². The predicted octanol–water partition coefficient (Wildman–Crippen LogP) is 2.58. The molecule has 0 atom stereocenters. The molecule has 1 fully saturated rings. The molecule has 7 nitrogen and oxygen atoms in total. The maximum atomic E-state index is 13.3. The summed E-state index contributed by atoms with van der Waals surface area (Å²) in [5, 5.41) is 0. The Bertz CT molecular complexity index is 931. The third-order valence-electron chi connectivity index (χ3n) is 4.56. The summed E-state index contributed by atoms with van der Waals surface area (Å²) in [6, 6.07) is 5.48. The van der Waals surface area contributed by atoms with Gasteiger partial charge in [-0.1, -0.05) is 0 Å². The monoisotopic (exact) mass is 408 g/mol. The molecule has 1 N–H and O–H groups in total. The molecule has 152 valence electrons. The summed E-state index contributed by atoms with van der Waals surface area (Å²) < 4.78 is 46.0. The molecule has 0 aliphatic carbocycles. The van der Waals surface area contributed by atoms with Crippen LogP contribution in [0.4, 0.5) is 10.2 Å². The van der Waals surface area contributed by atoms with Gasteiger partial charge in [-0.05, 0) is 56.9 Å². The molecule has 0 spiro atoms. The number of halogens is 1. The molecule has 9 heteroatoms. The highest BCUT2D eigenvalue weighted by Crippen LogP contribution is 2.21. The fourth-order valence-corrected chi connectivity index (χ4v) is 4.18. The first-order valence-corrected chi connectivity index (χ1v) is 10.8. The lowest BCUT2D eigenvalue weighted by Gasteiger charge is -2.28. The molecule has 0 saturated carbocycles. The van der Waals surface area contributed by atoms with Gasteiger partial charge in [-0.3, -0.25) is 0 Å². The topological polar surface area (TPSA) is 84.4 Å². The molecule has 0 radical (unpaired) electrons. The largest absolute Gasteiger partial charge is 0.476 e. The van der Waals surface area contributed by atoms with E-state index in [2.05, 4.69) is 19.6 Å². The second kappa shape index (κ2) is 8.83. The number of aryl methyl sites for hydroxylation is 2. The van der Waals surface area contributed by atoms with Crippen molar-refractivity contribution in [3.05, 3.63) is 41.5 Å². The van der Waals surface area contributed by atoms with Crippen molar-refractivity contribution >= 4 is 15.8 Å². The number of aromatic nitrogens is 2. The average molecular weight is 408 g/mol. The summed E-state index contributed by atoms with van der Waals surface area (Å²) in [4.78, 5) is 11.0. The van der Waals surface area contributed by atoms with E-state index in [1.807, 2.05) is 0 Å². The summed E-state index contributed by atoms with van der Waals surface area (Å²) in [5.41, 5.74) is 0.279. The maximum Gasteiger partial charge on any atom is 0.240 e. The minimum Gasteiger partial charge on any atom is -0.476 e. The third-order valence-corrected chi connectivity index (χ3v) is 6.02. The highest BCUT2D eigenvalue weighted by Gasteiger charge is 2.16. The Hall–Kier alpha value is -2.26. The quantitative estimate of drug-likeness (QED) is 0.709. The van der Waals surface area contributed by atoms with Gasteiger partial charge in [0.1, 0.15) is 24.1 Å². The first-order chi connectivity index (χ1) is 13.3. The minimum absolute atomic E-state index is 0.0247. The van der Waals surface area contributed by atoms with E-state index in [1.165, 1.54) is 25.5 Å². The van der Waals surface area contributed by atoms with Crippen molar-refractivity contribution in [2.75, 3.05) is 31.1 Å². The molecule has 3 rings (SSSR count). The molecule has 1 aromatic heterocycles. The number of anilines is 1. The normalized spacial score (nSPS) is 14.9. The third kappa shape index (κ3) is 5.17. The van der Waals surface area contributed by atoms with E-state index in [0.717, 1.165) is 37.8 Å². The van der Waals surface area contributed by atoms with Crippen molar-refractivity contribution in [3.8, 4) is 5.88 Å². The van der Waals surface area contributed by atoms with Crippen LogP contribution in [0.2, 0.25) is 0 Å². The van der Waals surface area contributed by atoms with Crippen molar-refractivity contribution < 1.29 is 17.5 Å². The average Bonchev–Trinajstić information content (AvgIpc) is 2.67. The molecule has 1 aliphatic rings. The van der Waals surface area contributed by atoms with Crippen LogP contribution in [0, 0.1) is 19.7 Å². The lowest BCUT2D eigenvalue weighted by molar-refractivity contribution is 0.309. The predicted molar refractivity (Wildman–Crippen MR) is 105 cm³/mol. The van der Waals surface area contributed by atoms with Crippen LogP contribution in [-0.2, 0) is 10.0 Å². The van der Waals surface area contributed by atoms with Crippen LogP contribution >= 0.6 is 0 Å². The van der Waals surface area contributed by atoms with E-state index < -0.39 is 15.8 Å². The minimum atomic E-state index is -3.73. The Kier molecular flexibility index (Phi) is 6.46. The molecule has 1 saturated heterocycles. The van der Waals surface area contributed by atoms with Crippen LogP contribution in [-0.4, -0.2) is 44.6 Å². The highest BCUT2D eigenvalue weighted by molar-refractivity contribution is 7.89. The molecular formula is C19H25FN4O3S. The number of hydrogen-bond acceptors (Lipinski definition) is 6. The van der Waals surface area contributed by atoms with Gasteiger partial charge >= 0.3 is 0 Å². The van der Waals surface area contributed by atoms with E-state index >= 15 is 0 Å². The number of sulfonamides is 1. The molecule has 0 bridgehead atoms. The smallest absolute Gasteiger partial charge is 0.240 e. The lowest BCUT2D eigenvalue weighted by Crippen LogP contribution is -2.30. The first kappa shape index (κ1) is 20.5. The molecule has 2 heterocycles. The van der Waals surface area contributed by atoms with Crippen molar-refractivity contribution in [2.45, 2.75) is 38.0 Å². The van der Waals surface area contributed by atoms with Gasteiger partial charge in [0.05, 0.1) is 4.90 Å². The number of rotatable bonds is 7. The fourth-order valence-electron chi connectivity index (χ4n) is 3.08. The van der Waals surface area contributed by atoms with Crippen LogP contribution in [0.15, 0.2) is 29.2 Å². The standard InChI is InChI=1S/C19H25FN4O3S/c1-14-12-16(6-7-17(14)20)28(25,26)21-8-11-27-19-13-18(22-15(2)23-19)24-9-4-3-5-10-24/h6-7,12-13,21H,3-5,8-11H2,1-2H3. The molecule has 2 aromatic rings. The van der Waals surface area contributed by atoms with E-state index in [9.17, 15) is 12.8 Å². The molecule has 1 aliphatic heterocycles. The number of benzene rings is 1. The number of piperidine rings is 1. The Morgan fingerprint density at radius 1 is 1.14 bits per heavy atom. The summed E-state index contributed by atoms with van der Waals surface area (Å²) in [5.74, 6) is 1.43. The highest BCUT2D eigenvalue weighted by atomic mass is 32.2. The second-order valence-corrected chi connectivity index (χ2v) is 8.58. The van der Waals surface area contributed by atoms with Crippen molar-refractivity contribution in [2.24, 2.45) is 0 Å². The summed E-state index contributed by atoms with van der Waals surface area (Å²) >= 11 is 0. The molecule has 0 unspecified atom stereocenters. The zero-order chi connectivity index (χ0) is 20.1. The Balaban J connectivity index is 1.57. The SMILES string of the molecule is Cc1nc(OCCNS(=O)(=O)c2ccc(F)c(C)c2)cc(N2CCCCC2)n1. The zero-order valence-corrected chi connectivity index (χ0v) is 16.9. The second-order valence-electron chi connectivity index (χ2n) is 6.82. The Labute approximate surface area is 165 Å². The van der Waals surface area contributed by atoms with Gasteiger partial charge in [-0.2, -0.15) is 4.98 Å². The fraction of sp³-hybridized carbons (Fsp3) is 0.474. The van der Waals surface area contributed by atoms with E-state index in [1.54, 1.807) is 13.0 Å². The van der Waals surface area contributed by atoms with Crippen molar-refractivity contribution in [1.29, 1.82) is 0 Å². The van der Waals surface area contributed by atoms with Crippen molar-refractivity contribution in [3.63, 3.8) is 0 Å². The van der Waals surface area contributed by atoms with Crippen molar-refractivity contribution in [1.82, 2.24) is 14.7 Å². The molecule has 1 aromatic carbocycles. The zero-order valence-electron chi connectivity index (χ0n) is 16.1. The van der Waals surface area contributed by atoms with E-state index in [4.69, 9.17) is 4.74 Å². The summed E-state index contributed by atoms with van der Waals surface area (Å²) in [7, 11) is -3.73. The van der Waals surface area contributed by atoms with Crippen LogP contribution < -0.4 is 14.4 Å². The number of ether oxygens (including phenoxy) is 1. The van der Waals surface area contributed by atoms with Crippen LogP contribution in [0.25, 0.3) is 0 Å². The van der Waals surface area contributed by atoms with E-state index in [0.29, 0.717) is 11.7 Å². The van der Waals surface area contributed by atoms with Gasteiger partial charge in [0.25, 0.3) is 0 Å². The van der Waals surface area contributed by atoms with Crippen LogP contribution in [0.3, 0.4) is 0 Å². The first-order valence-electron chi connectivity index (χ1n) is 9.34. The van der Waals surface area contributed by atoms with Gasteiger partial charge in [0, 0.05) is 25.7 Å². The molecular weight excluding hydrogens is 383 g/mol. The van der Waals surface area contributed by atoms with E-state index in [-0.39, 0.29) is 23.6 Å². The molecule has 28 heavy (non-hydrogen) atoms. The maximum absolute atomic E-state index is 13.3. The van der Waals surface area contributed by atoms with Gasteiger partial charge in [0.2, 0.25) is 15.9 Å². The van der Waals surface area contributed by atoms with Gasteiger partial charge in [-0.25, -0.2) is 22.5 Å². The van der Waals surface area contributed by atoms with Gasteiger partial charge in [0.15, 0.2) is 0 Å². The van der Waals surface area contributed by atoms with Gasteiger partial charge in [-0.15, -0.1) is 0 Å². The number of nitrogens with one attached hydrogen (secondary N) is 1. The Morgan fingerprint density at radius 3 is 2.61 bits per heavy atom. The summed E-state index contributed by atoms with van der Waals surface area (Å²) in [6.07, 6.45) is 3.52. The molecule has 0 amide bonds. The summed E-state index contributed by atoms with van der Waals surface area (Å²) in [6.45, 7) is 5.45. The Morgan fingerprint density at radius 2 is 1.89 bits per heavy atom. The van der Waals surface area contributed by atoms with Gasteiger partial charge < -0.3 is 9.64 Å². The number of hydrogen-bond donors (Lipinski definition) is 1. The van der Waals surface area contributed by atoms with Crippen LogP contribution in [0.5, 0.6) is 5.88 Å². The number of nitrogens with zero attached hydrogens (tertiary/aromatic N) is 3. The lowest BCUT2D eigenvalue weighted by atomic mass is 10.1.